The molecule has 4 N–H and O–H groups in total. The van der Waals surface area contributed by atoms with Gasteiger partial charge in [-0.15, -0.1) is 0 Å². The number of nitrogens with zero attached hydrogens (tertiary/aromatic N) is 2. The van der Waals surface area contributed by atoms with Crippen LogP contribution in [0.5, 0.6) is 5.75 Å². The van der Waals surface area contributed by atoms with Gasteiger partial charge in [0.25, 0.3) is 5.76 Å². The summed E-state index contributed by atoms with van der Waals surface area (Å²) < 4.78 is 30.3. The van der Waals surface area contributed by atoms with Crippen molar-refractivity contribution in [3.8, 4) is 5.75 Å². The van der Waals surface area contributed by atoms with Gasteiger partial charge < -0.3 is 15.5 Å². The van der Waals surface area contributed by atoms with Crippen molar-refractivity contribution in [2.75, 3.05) is 17.9 Å². The maximum atomic E-state index is 12.6. The minimum absolute atomic E-state index is 0.286. The summed E-state index contributed by atoms with van der Waals surface area (Å²) in [7, 11) is 1.44. The smallest absolute Gasteiger partial charge is 0.288 e. The van der Waals surface area contributed by atoms with E-state index in [0.717, 1.165) is 0 Å². The van der Waals surface area contributed by atoms with Gasteiger partial charge in [0.15, 0.2) is 11.6 Å². The molecule has 1 aromatic heterocycles. The molecular formula is C12H13F2N5OS. The highest BCUT2D eigenvalue weighted by atomic mass is 32.2. The van der Waals surface area contributed by atoms with E-state index in [2.05, 4.69) is 20.7 Å². The number of methoxy groups -OCH3 is 1. The van der Waals surface area contributed by atoms with E-state index in [1.807, 2.05) is 0 Å². The Kier molecular flexibility index (Phi) is 5.12. The van der Waals surface area contributed by atoms with Crippen molar-refractivity contribution < 1.29 is 13.5 Å². The lowest BCUT2D eigenvalue weighted by atomic mass is 10.3. The Morgan fingerprint density at radius 2 is 1.95 bits per heavy atom. The molecular weight excluding hydrogens is 300 g/mol. The van der Waals surface area contributed by atoms with E-state index in [0.29, 0.717) is 28.2 Å². The molecule has 0 atom stereocenters. The number of rotatable bonds is 6. The van der Waals surface area contributed by atoms with E-state index in [4.69, 9.17) is 10.6 Å². The van der Waals surface area contributed by atoms with Crippen LogP contribution in [0.1, 0.15) is 0 Å². The summed E-state index contributed by atoms with van der Waals surface area (Å²) >= 11 is 0.447. The molecule has 0 unspecified atom stereocenters. The van der Waals surface area contributed by atoms with E-state index in [1.165, 1.54) is 13.4 Å². The van der Waals surface area contributed by atoms with Gasteiger partial charge >= 0.3 is 0 Å². The van der Waals surface area contributed by atoms with Crippen molar-refractivity contribution in [3.63, 3.8) is 0 Å². The number of nitrogens with one attached hydrogen (secondary N) is 2. The third-order valence-electron chi connectivity index (χ3n) is 2.50. The molecule has 6 nitrogen and oxygen atoms in total. The van der Waals surface area contributed by atoms with Gasteiger partial charge in [0.1, 0.15) is 6.33 Å². The van der Waals surface area contributed by atoms with Gasteiger partial charge in [-0.25, -0.2) is 15.8 Å². The first-order chi connectivity index (χ1) is 10.2. The number of ether oxygens (including phenoxy) is 1. The zero-order valence-corrected chi connectivity index (χ0v) is 11.8. The fourth-order valence-corrected chi connectivity index (χ4v) is 2.25. The molecule has 0 fully saturated rings. The predicted molar refractivity (Wildman–Crippen MR) is 78.0 cm³/mol. The summed E-state index contributed by atoms with van der Waals surface area (Å²) in [4.78, 5) is 8.34. The summed E-state index contributed by atoms with van der Waals surface area (Å²) in [6.45, 7) is 0. The first-order valence-corrected chi connectivity index (χ1v) is 6.70. The minimum Gasteiger partial charge on any atom is -0.490 e. The Hall–Kier alpha value is -2.13. The van der Waals surface area contributed by atoms with Crippen molar-refractivity contribution in [3.05, 3.63) is 30.6 Å². The quantitative estimate of drug-likeness (QED) is 0.429. The molecule has 1 aromatic carbocycles. The van der Waals surface area contributed by atoms with Crippen LogP contribution in [0.15, 0.2) is 35.5 Å². The summed E-state index contributed by atoms with van der Waals surface area (Å²) in [5, 5.41) is 2.95. The Balaban J connectivity index is 2.34. The van der Waals surface area contributed by atoms with E-state index in [9.17, 15) is 8.78 Å². The Morgan fingerprint density at radius 3 is 2.62 bits per heavy atom. The van der Waals surface area contributed by atoms with Crippen LogP contribution in [0.3, 0.4) is 0 Å². The lowest BCUT2D eigenvalue weighted by Crippen LogP contribution is -2.11. The Bertz CT molecular complexity index is 614. The zero-order valence-electron chi connectivity index (χ0n) is 11.0. The molecule has 0 aliphatic rings. The molecule has 21 heavy (non-hydrogen) atoms. The van der Waals surface area contributed by atoms with E-state index < -0.39 is 5.76 Å². The van der Waals surface area contributed by atoms with Gasteiger partial charge in [0.2, 0.25) is 5.75 Å². The second-order valence-electron chi connectivity index (χ2n) is 3.75. The fraction of sp³-hybridized carbons (Fsp3) is 0.167. The lowest BCUT2D eigenvalue weighted by molar-refractivity contribution is 0.252. The molecule has 0 radical (unpaired) electrons. The number of nitrogen functional groups attached to an aromatic ring is 1. The number of aromatic nitrogens is 2. The van der Waals surface area contributed by atoms with Crippen molar-refractivity contribution in [2.45, 2.75) is 10.7 Å². The van der Waals surface area contributed by atoms with Crippen LogP contribution < -0.4 is 21.3 Å². The summed E-state index contributed by atoms with van der Waals surface area (Å²) in [5.41, 5.74) is 2.87. The summed E-state index contributed by atoms with van der Waals surface area (Å²) in [6, 6.07) is 6.67. The first-order valence-electron chi connectivity index (χ1n) is 5.82. The monoisotopic (exact) mass is 313 g/mol. The Labute approximate surface area is 124 Å². The fourth-order valence-electron chi connectivity index (χ4n) is 1.66. The molecule has 0 saturated heterocycles. The van der Waals surface area contributed by atoms with Gasteiger partial charge in [-0.05, 0) is 12.1 Å². The zero-order chi connectivity index (χ0) is 15.2. The standard InChI is InChI=1S/C12H13F2N5OS/c1-20-9-10(16-6-17-11(9)19-15)18-7-4-2-3-5-8(7)21-12(13)14/h2-6,12H,15H2,1H3,(H2,16,17,18,19). The number of hydrazine groups is 1. The van der Waals surface area contributed by atoms with E-state index in [-0.39, 0.29) is 11.6 Å². The molecule has 0 aliphatic heterocycles. The van der Waals surface area contributed by atoms with Crippen LogP contribution >= 0.6 is 11.8 Å². The van der Waals surface area contributed by atoms with E-state index >= 15 is 0 Å². The number of halogens is 2. The average Bonchev–Trinajstić information content (AvgIpc) is 2.48. The summed E-state index contributed by atoms with van der Waals surface area (Å²) in [5.74, 6) is 3.72. The van der Waals surface area contributed by atoms with Gasteiger partial charge in [0, 0.05) is 4.90 Å². The molecule has 9 heteroatoms. The average molecular weight is 313 g/mol. The Morgan fingerprint density at radius 1 is 1.24 bits per heavy atom. The molecule has 1 heterocycles. The van der Waals surface area contributed by atoms with Crippen LogP contribution in [0.2, 0.25) is 0 Å². The molecule has 0 spiro atoms. The van der Waals surface area contributed by atoms with Crippen molar-refractivity contribution >= 4 is 29.1 Å². The highest BCUT2D eigenvalue weighted by Crippen LogP contribution is 2.36. The van der Waals surface area contributed by atoms with Gasteiger partial charge in [-0.2, -0.15) is 8.78 Å². The highest BCUT2D eigenvalue weighted by molar-refractivity contribution is 7.99. The number of hydrogen-bond donors (Lipinski definition) is 3. The number of anilines is 3. The maximum Gasteiger partial charge on any atom is 0.288 e. The maximum absolute atomic E-state index is 12.6. The van der Waals surface area contributed by atoms with Crippen LogP contribution in [0.4, 0.5) is 26.1 Å². The number of hydrogen-bond acceptors (Lipinski definition) is 7. The summed E-state index contributed by atoms with van der Waals surface area (Å²) in [6.07, 6.45) is 1.28. The number of nitrogens with two attached hydrogens (primary N) is 1. The molecule has 0 amide bonds. The third kappa shape index (κ3) is 3.70. The predicted octanol–water partition coefficient (Wildman–Crippen LogP) is 2.83. The topological polar surface area (TPSA) is 85.1 Å². The van der Waals surface area contributed by atoms with E-state index in [1.54, 1.807) is 24.3 Å². The first kappa shape index (κ1) is 15.3. The van der Waals surface area contributed by atoms with Crippen molar-refractivity contribution in [1.29, 1.82) is 0 Å². The van der Waals surface area contributed by atoms with Gasteiger partial charge in [-0.1, -0.05) is 23.9 Å². The molecule has 112 valence electrons. The number of para-hydroxylation sites is 1. The van der Waals surface area contributed by atoms with Gasteiger partial charge in [-0.3, -0.25) is 0 Å². The highest BCUT2D eigenvalue weighted by Gasteiger charge is 2.14. The van der Waals surface area contributed by atoms with Crippen LogP contribution in [-0.4, -0.2) is 22.8 Å². The molecule has 0 saturated carbocycles. The molecule has 0 bridgehead atoms. The number of thioether (sulfide) groups is 1. The minimum atomic E-state index is -2.51. The number of benzene rings is 1. The molecule has 0 aliphatic carbocycles. The second kappa shape index (κ2) is 7.04. The lowest BCUT2D eigenvalue weighted by Gasteiger charge is -2.14. The molecule has 2 aromatic rings. The normalized spacial score (nSPS) is 10.5. The van der Waals surface area contributed by atoms with Crippen molar-refractivity contribution in [1.82, 2.24) is 9.97 Å². The van der Waals surface area contributed by atoms with Gasteiger partial charge in [0.05, 0.1) is 12.8 Å². The SMILES string of the molecule is COc1c(NN)ncnc1Nc1ccccc1SC(F)F. The second-order valence-corrected chi connectivity index (χ2v) is 4.78. The van der Waals surface area contributed by atoms with Crippen LogP contribution in [0, 0.1) is 0 Å². The van der Waals surface area contributed by atoms with Crippen LogP contribution in [-0.2, 0) is 0 Å². The molecule has 2 rings (SSSR count). The number of alkyl halides is 2. The largest absolute Gasteiger partial charge is 0.490 e. The van der Waals surface area contributed by atoms with Crippen molar-refractivity contribution in [2.24, 2.45) is 5.84 Å². The third-order valence-corrected chi connectivity index (χ3v) is 3.29. The van der Waals surface area contributed by atoms with Crippen LogP contribution in [0.25, 0.3) is 0 Å².